The molecular weight excluding hydrogens is 227 g/mol. The summed E-state index contributed by atoms with van der Waals surface area (Å²) >= 11 is 13.2. The van der Waals surface area contributed by atoms with Gasteiger partial charge in [0.2, 0.25) is 0 Å². The third kappa shape index (κ3) is 1.35. The van der Waals surface area contributed by atoms with Gasteiger partial charge in [-0.25, -0.2) is 0 Å². The van der Waals surface area contributed by atoms with Crippen LogP contribution >= 0.6 is 34.5 Å². The van der Waals surface area contributed by atoms with Crippen molar-refractivity contribution in [1.82, 2.24) is 0 Å². The number of fused-ring (bicyclic) bond motifs is 1. The number of hydrogen-bond donors (Lipinski definition) is 0. The number of halogens is 2. The first-order valence-electron chi connectivity index (χ1n) is 3.55. The molecule has 0 unspecified atom stereocenters. The van der Waals surface area contributed by atoms with Crippen LogP contribution < -0.4 is 0 Å². The molecule has 4 heteroatoms. The topological polar surface area (TPSA) is 17.1 Å². The van der Waals surface area contributed by atoms with Gasteiger partial charge in [-0.05, 0) is 12.1 Å². The molecule has 0 fully saturated rings. The first-order valence-corrected chi connectivity index (χ1v) is 5.13. The largest absolute Gasteiger partial charge is 0.297 e. The predicted molar refractivity (Wildman–Crippen MR) is 57.2 cm³/mol. The summed E-state index contributed by atoms with van der Waals surface area (Å²) in [6.07, 6.45) is 0.753. The molecule has 0 aliphatic rings. The van der Waals surface area contributed by atoms with Crippen molar-refractivity contribution in [3.05, 3.63) is 33.1 Å². The van der Waals surface area contributed by atoms with Crippen LogP contribution in [0, 0.1) is 0 Å². The van der Waals surface area contributed by atoms with Crippen LogP contribution in [-0.4, -0.2) is 6.29 Å². The molecular formula is C9H4Cl2OS. The summed E-state index contributed by atoms with van der Waals surface area (Å²) in [5, 5.41) is 1.82. The van der Waals surface area contributed by atoms with Crippen LogP contribution in [0.2, 0.25) is 10.0 Å². The van der Waals surface area contributed by atoms with Gasteiger partial charge in [-0.3, -0.25) is 4.79 Å². The van der Waals surface area contributed by atoms with Crippen molar-refractivity contribution in [3.8, 4) is 0 Å². The van der Waals surface area contributed by atoms with Gasteiger partial charge >= 0.3 is 0 Å². The first-order chi connectivity index (χ1) is 6.24. The minimum atomic E-state index is 0.459. The highest BCUT2D eigenvalue weighted by atomic mass is 35.5. The maximum absolute atomic E-state index is 10.6. The Labute approximate surface area is 88.9 Å². The summed E-state index contributed by atoms with van der Waals surface area (Å²) < 4.78 is 0.944. The Morgan fingerprint density at radius 1 is 1.31 bits per heavy atom. The van der Waals surface area contributed by atoms with Gasteiger partial charge in [-0.2, -0.15) is 0 Å². The number of hydrogen-bond acceptors (Lipinski definition) is 2. The van der Waals surface area contributed by atoms with Gasteiger partial charge in [0.05, 0.1) is 14.9 Å². The smallest absolute Gasteiger partial charge is 0.161 e. The fourth-order valence-corrected chi connectivity index (χ4v) is 2.90. The average molecular weight is 231 g/mol. The highest BCUT2D eigenvalue weighted by Gasteiger charge is 2.11. The second-order valence-electron chi connectivity index (χ2n) is 2.51. The fourth-order valence-electron chi connectivity index (χ4n) is 1.16. The van der Waals surface area contributed by atoms with Crippen LogP contribution in [0.4, 0.5) is 0 Å². The molecule has 2 rings (SSSR count). The van der Waals surface area contributed by atoms with E-state index in [2.05, 4.69) is 0 Å². The van der Waals surface area contributed by atoms with Crippen molar-refractivity contribution in [1.29, 1.82) is 0 Å². The molecule has 1 aromatic carbocycles. The molecule has 0 atom stereocenters. The Balaban J connectivity index is 2.92. The lowest BCUT2D eigenvalue weighted by molar-refractivity contribution is 0.112. The summed E-state index contributed by atoms with van der Waals surface area (Å²) in [4.78, 5) is 11.1. The van der Waals surface area contributed by atoms with E-state index >= 15 is 0 Å². The molecule has 13 heavy (non-hydrogen) atoms. The van der Waals surface area contributed by atoms with E-state index in [1.165, 1.54) is 11.3 Å². The van der Waals surface area contributed by atoms with Crippen LogP contribution in [0.1, 0.15) is 9.67 Å². The van der Waals surface area contributed by atoms with E-state index in [0.29, 0.717) is 14.9 Å². The average Bonchev–Trinajstić information content (AvgIpc) is 2.44. The second kappa shape index (κ2) is 3.29. The molecule has 0 bridgehead atoms. The maximum Gasteiger partial charge on any atom is 0.161 e. The Bertz CT molecular complexity index is 476. The number of rotatable bonds is 1. The highest BCUT2D eigenvalue weighted by Crippen LogP contribution is 2.38. The van der Waals surface area contributed by atoms with E-state index in [9.17, 15) is 4.79 Å². The normalized spacial score (nSPS) is 10.6. The highest BCUT2D eigenvalue weighted by molar-refractivity contribution is 7.21. The number of thiophene rings is 1. The lowest BCUT2D eigenvalue weighted by Crippen LogP contribution is -1.70. The zero-order chi connectivity index (χ0) is 9.42. The van der Waals surface area contributed by atoms with Gasteiger partial charge in [0.15, 0.2) is 6.29 Å². The van der Waals surface area contributed by atoms with Crippen molar-refractivity contribution in [2.75, 3.05) is 0 Å². The number of aldehydes is 1. The van der Waals surface area contributed by atoms with Crippen molar-refractivity contribution in [3.63, 3.8) is 0 Å². The summed E-state index contributed by atoms with van der Waals surface area (Å²) in [6, 6.07) is 5.49. The Hall–Kier alpha value is -0.570. The molecule has 0 aliphatic carbocycles. The van der Waals surface area contributed by atoms with Crippen molar-refractivity contribution in [2.45, 2.75) is 0 Å². The van der Waals surface area contributed by atoms with Crippen molar-refractivity contribution < 1.29 is 4.79 Å². The standard InChI is InChI=1S/C9H4Cl2OS/c10-5-2-1-3-6-8(5)9(11)7(4-12)13-6/h1-4H. The molecule has 0 saturated heterocycles. The minimum Gasteiger partial charge on any atom is -0.297 e. The number of benzene rings is 1. The monoisotopic (exact) mass is 230 g/mol. The molecule has 1 heterocycles. The molecule has 0 aliphatic heterocycles. The van der Waals surface area contributed by atoms with E-state index in [1.54, 1.807) is 6.07 Å². The lowest BCUT2D eigenvalue weighted by Gasteiger charge is -1.92. The first kappa shape index (κ1) is 9.00. The summed E-state index contributed by atoms with van der Waals surface area (Å²) in [5.74, 6) is 0. The molecule has 0 spiro atoms. The van der Waals surface area contributed by atoms with E-state index < -0.39 is 0 Å². The fraction of sp³-hybridized carbons (Fsp3) is 0. The molecule has 2 aromatic rings. The number of carbonyl (C=O) groups excluding carboxylic acids is 1. The van der Waals surface area contributed by atoms with Gasteiger partial charge in [-0.1, -0.05) is 29.3 Å². The molecule has 0 amide bonds. The third-order valence-electron chi connectivity index (χ3n) is 1.74. The van der Waals surface area contributed by atoms with E-state index in [4.69, 9.17) is 23.2 Å². The third-order valence-corrected chi connectivity index (χ3v) is 3.64. The molecule has 0 N–H and O–H groups in total. The van der Waals surface area contributed by atoms with Gasteiger partial charge in [0.25, 0.3) is 0 Å². The number of carbonyl (C=O) groups is 1. The van der Waals surface area contributed by atoms with Crippen molar-refractivity contribution in [2.24, 2.45) is 0 Å². The molecule has 66 valence electrons. The van der Waals surface area contributed by atoms with Gasteiger partial charge in [0, 0.05) is 10.1 Å². The van der Waals surface area contributed by atoms with Gasteiger partial charge < -0.3 is 0 Å². The predicted octanol–water partition coefficient (Wildman–Crippen LogP) is 4.02. The Morgan fingerprint density at radius 3 is 2.69 bits per heavy atom. The van der Waals surface area contributed by atoms with Crippen LogP contribution in [0.5, 0.6) is 0 Å². The van der Waals surface area contributed by atoms with Crippen LogP contribution in [0.25, 0.3) is 10.1 Å². The molecule has 0 saturated carbocycles. The quantitative estimate of drug-likeness (QED) is 0.677. The zero-order valence-corrected chi connectivity index (χ0v) is 8.71. The maximum atomic E-state index is 10.6. The van der Waals surface area contributed by atoms with Crippen LogP contribution in [0.3, 0.4) is 0 Å². The van der Waals surface area contributed by atoms with E-state index in [-0.39, 0.29) is 0 Å². The van der Waals surface area contributed by atoms with Crippen molar-refractivity contribution >= 4 is 50.9 Å². The second-order valence-corrected chi connectivity index (χ2v) is 4.38. The van der Waals surface area contributed by atoms with Crippen LogP contribution in [-0.2, 0) is 0 Å². The van der Waals surface area contributed by atoms with Gasteiger partial charge in [-0.15, -0.1) is 11.3 Å². The SMILES string of the molecule is O=Cc1sc2cccc(Cl)c2c1Cl. The minimum absolute atomic E-state index is 0.459. The molecule has 1 nitrogen and oxygen atoms in total. The van der Waals surface area contributed by atoms with Gasteiger partial charge in [0.1, 0.15) is 0 Å². The van der Waals surface area contributed by atoms with E-state index in [1.807, 2.05) is 12.1 Å². The summed E-state index contributed by atoms with van der Waals surface area (Å²) in [6.45, 7) is 0. The molecule has 0 radical (unpaired) electrons. The lowest BCUT2D eigenvalue weighted by atomic mass is 10.2. The Morgan fingerprint density at radius 2 is 2.08 bits per heavy atom. The summed E-state index contributed by atoms with van der Waals surface area (Å²) in [7, 11) is 0. The Kier molecular flexibility index (Phi) is 2.28. The summed E-state index contributed by atoms with van der Waals surface area (Å²) in [5.41, 5.74) is 0. The van der Waals surface area contributed by atoms with E-state index in [0.717, 1.165) is 16.4 Å². The molecule has 1 aromatic heterocycles. The van der Waals surface area contributed by atoms with Crippen LogP contribution in [0.15, 0.2) is 18.2 Å². The zero-order valence-electron chi connectivity index (χ0n) is 6.38.